The first-order valence-electron chi connectivity index (χ1n) is 8.18. The van der Waals surface area contributed by atoms with E-state index in [1.807, 2.05) is 0 Å². The average molecular weight is 361 g/mol. The van der Waals surface area contributed by atoms with Gasteiger partial charge in [-0.25, -0.2) is 0 Å². The van der Waals surface area contributed by atoms with Crippen LogP contribution < -0.4 is 0 Å². The molecule has 0 radical (unpaired) electrons. The maximum absolute atomic E-state index is 12.7. The monoisotopic (exact) mass is 361 g/mol. The molecule has 0 aliphatic carbocycles. The molecule has 2 aliphatic heterocycles. The van der Waals surface area contributed by atoms with Crippen LogP contribution in [0, 0.1) is 5.41 Å². The first-order valence-corrected chi connectivity index (χ1v) is 8.18. The van der Waals surface area contributed by atoms with E-state index in [-0.39, 0.29) is 19.3 Å². The molecule has 2 unspecified atom stereocenters. The highest BCUT2D eigenvalue weighted by Gasteiger charge is 2.64. The van der Waals surface area contributed by atoms with Crippen molar-refractivity contribution in [2.45, 2.75) is 31.6 Å². The third-order valence-electron chi connectivity index (χ3n) is 4.82. The van der Waals surface area contributed by atoms with Crippen LogP contribution in [0.4, 0.5) is 0 Å². The molecule has 2 saturated heterocycles. The summed E-state index contributed by atoms with van der Waals surface area (Å²) < 4.78 is 15.7. The van der Waals surface area contributed by atoms with Gasteiger partial charge in [0.2, 0.25) is 11.8 Å². The van der Waals surface area contributed by atoms with Gasteiger partial charge in [0, 0.05) is 19.3 Å². The molecular formula is C18H19NO7. The third kappa shape index (κ3) is 2.66. The van der Waals surface area contributed by atoms with Crippen molar-refractivity contribution in [1.29, 1.82) is 0 Å². The fourth-order valence-corrected chi connectivity index (χ4v) is 3.59. The minimum Gasteiger partial charge on any atom is -0.468 e. The van der Waals surface area contributed by atoms with Crippen LogP contribution in [0.3, 0.4) is 0 Å². The van der Waals surface area contributed by atoms with E-state index in [0.29, 0.717) is 5.56 Å². The molecule has 1 aromatic rings. The number of carbonyl (C=O) groups is 4. The summed E-state index contributed by atoms with van der Waals surface area (Å²) in [5, 5.41) is 0. The highest BCUT2D eigenvalue weighted by atomic mass is 16.6. The largest absolute Gasteiger partial charge is 0.468 e. The number of imide groups is 1. The molecule has 0 aromatic heterocycles. The number of methoxy groups -OCH3 is 2. The number of hydrogen-bond acceptors (Lipinski definition) is 7. The number of carbonyl (C=O) groups excluding carboxylic acids is 4. The van der Waals surface area contributed by atoms with Crippen molar-refractivity contribution in [3.8, 4) is 0 Å². The molecule has 2 atom stereocenters. The Bertz CT molecular complexity index is 713. The van der Waals surface area contributed by atoms with Crippen LogP contribution in [0.15, 0.2) is 30.3 Å². The number of ether oxygens (including phenoxy) is 3. The van der Waals surface area contributed by atoms with Crippen LogP contribution in [0.2, 0.25) is 0 Å². The summed E-state index contributed by atoms with van der Waals surface area (Å²) in [4.78, 5) is 50.5. The Labute approximate surface area is 150 Å². The molecule has 8 nitrogen and oxygen atoms in total. The minimum absolute atomic E-state index is 0.0815. The maximum Gasteiger partial charge on any atom is 0.326 e. The zero-order chi connectivity index (χ0) is 18.9. The van der Waals surface area contributed by atoms with E-state index >= 15 is 0 Å². The second-order valence-electron chi connectivity index (χ2n) is 6.20. The van der Waals surface area contributed by atoms with E-state index in [1.165, 1.54) is 0 Å². The van der Waals surface area contributed by atoms with E-state index in [9.17, 15) is 19.2 Å². The summed E-state index contributed by atoms with van der Waals surface area (Å²) in [5.41, 5.74) is -1.26. The quantitative estimate of drug-likeness (QED) is 0.447. The summed E-state index contributed by atoms with van der Waals surface area (Å²) in [6, 6.07) is 8.64. The molecule has 2 heterocycles. The van der Waals surface area contributed by atoms with Gasteiger partial charge in [-0.3, -0.25) is 24.1 Å². The van der Waals surface area contributed by atoms with Crippen molar-refractivity contribution in [2.24, 2.45) is 5.41 Å². The lowest BCUT2D eigenvalue weighted by Crippen LogP contribution is -2.45. The Morgan fingerprint density at radius 3 is 2.08 bits per heavy atom. The topological polar surface area (TPSA) is 99.2 Å². The van der Waals surface area contributed by atoms with Crippen LogP contribution in [0.1, 0.15) is 30.9 Å². The van der Waals surface area contributed by atoms with Gasteiger partial charge in [-0.1, -0.05) is 30.3 Å². The molecule has 2 fully saturated rings. The van der Waals surface area contributed by atoms with Crippen molar-refractivity contribution in [3.05, 3.63) is 35.9 Å². The molecule has 1 aromatic carbocycles. The average Bonchev–Trinajstić information content (AvgIpc) is 3.22. The Hall–Kier alpha value is -2.74. The lowest BCUT2D eigenvalue weighted by atomic mass is 9.77. The predicted molar refractivity (Wildman–Crippen MR) is 86.2 cm³/mol. The van der Waals surface area contributed by atoms with E-state index in [0.717, 1.165) is 19.1 Å². The number of benzene rings is 1. The standard InChI is InChI=1S/C18H19NO7/c1-24-16(22)18(17(23)25-2)10-14(19-12(20)8-9-13(19)21)26-15(18)11-6-4-3-5-7-11/h3-7,14-15H,8-10H2,1-2H3. The van der Waals surface area contributed by atoms with E-state index < -0.39 is 41.5 Å². The number of nitrogens with zero attached hydrogens (tertiary/aromatic N) is 1. The van der Waals surface area contributed by atoms with Gasteiger partial charge >= 0.3 is 11.9 Å². The molecule has 26 heavy (non-hydrogen) atoms. The number of esters is 2. The predicted octanol–water partition coefficient (Wildman–Crippen LogP) is 0.955. The molecule has 0 saturated carbocycles. The lowest BCUT2D eigenvalue weighted by Gasteiger charge is -2.28. The normalized spacial score (nSPS) is 24.6. The highest BCUT2D eigenvalue weighted by molar-refractivity contribution is 6.04. The van der Waals surface area contributed by atoms with Crippen molar-refractivity contribution in [3.63, 3.8) is 0 Å². The minimum atomic E-state index is -1.81. The summed E-state index contributed by atoms with van der Waals surface area (Å²) in [6.45, 7) is 0. The van der Waals surface area contributed by atoms with E-state index in [2.05, 4.69) is 0 Å². The molecule has 2 amide bonds. The van der Waals surface area contributed by atoms with Gasteiger partial charge in [0.25, 0.3) is 0 Å². The molecule has 138 valence electrons. The van der Waals surface area contributed by atoms with Crippen molar-refractivity contribution < 1.29 is 33.4 Å². The number of rotatable bonds is 4. The summed E-state index contributed by atoms with van der Waals surface area (Å²) in [7, 11) is 2.32. The van der Waals surface area contributed by atoms with Gasteiger partial charge in [0.1, 0.15) is 12.3 Å². The Kier molecular flexibility index (Phi) is 4.78. The zero-order valence-electron chi connectivity index (χ0n) is 14.5. The summed E-state index contributed by atoms with van der Waals surface area (Å²) in [5.74, 6) is -2.45. The van der Waals surface area contributed by atoms with Crippen molar-refractivity contribution in [2.75, 3.05) is 14.2 Å². The highest BCUT2D eigenvalue weighted by Crippen LogP contribution is 2.51. The van der Waals surface area contributed by atoms with Crippen LogP contribution >= 0.6 is 0 Å². The molecule has 8 heteroatoms. The lowest BCUT2D eigenvalue weighted by molar-refractivity contribution is -0.174. The van der Waals surface area contributed by atoms with Gasteiger partial charge in [0.15, 0.2) is 5.41 Å². The second-order valence-corrected chi connectivity index (χ2v) is 6.20. The van der Waals surface area contributed by atoms with Crippen LogP contribution in [0.5, 0.6) is 0 Å². The van der Waals surface area contributed by atoms with E-state index in [4.69, 9.17) is 14.2 Å². The fraction of sp³-hybridized carbons (Fsp3) is 0.444. The fourth-order valence-electron chi connectivity index (χ4n) is 3.59. The van der Waals surface area contributed by atoms with Gasteiger partial charge in [0.05, 0.1) is 14.2 Å². The number of hydrogen-bond donors (Lipinski definition) is 0. The summed E-state index contributed by atoms with van der Waals surface area (Å²) >= 11 is 0. The molecule has 0 bridgehead atoms. The zero-order valence-corrected chi connectivity index (χ0v) is 14.5. The molecule has 3 rings (SSSR count). The SMILES string of the molecule is COC(=O)C1(C(=O)OC)CC(N2C(=O)CCC2=O)OC1c1ccccc1. The Morgan fingerprint density at radius 2 is 1.58 bits per heavy atom. The molecule has 2 aliphatic rings. The van der Waals surface area contributed by atoms with Crippen LogP contribution in [-0.2, 0) is 33.4 Å². The first-order chi connectivity index (χ1) is 12.5. The Balaban J connectivity index is 2.08. The number of amides is 2. The number of likely N-dealkylation sites (tertiary alicyclic amines) is 1. The van der Waals surface area contributed by atoms with Gasteiger partial charge < -0.3 is 14.2 Å². The van der Waals surface area contributed by atoms with Crippen molar-refractivity contribution >= 4 is 23.8 Å². The second kappa shape index (κ2) is 6.87. The van der Waals surface area contributed by atoms with Gasteiger partial charge in [-0.2, -0.15) is 0 Å². The van der Waals surface area contributed by atoms with Gasteiger partial charge in [-0.05, 0) is 5.56 Å². The maximum atomic E-state index is 12.7. The summed E-state index contributed by atoms with van der Waals surface area (Å²) in [6.07, 6.45) is -2.14. The van der Waals surface area contributed by atoms with Crippen LogP contribution in [-0.4, -0.2) is 49.1 Å². The van der Waals surface area contributed by atoms with Crippen molar-refractivity contribution in [1.82, 2.24) is 4.90 Å². The van der Waals surface area contributed by atoms with Gasteiger partial charge in [-0.15, -0.1) is 0 Å². The van der Waals surface area contributed by atoms with E-state index in [1.54, 1.807) is 30.3 Å². The molecular weight excluding hydrogens is 342 g/mol. The first kappa shape index (κ1) is 18.1. The molecule has 0 N–H and O–H groups in total. The van der Waals surface area contributed by atoms with Crippen LogP contribution in [0.25, 0.3) is 0 Å². The Morgan fingerprint density at radius 1 is 1.04 bits per heavy atom. The third-order valence-corrected chi connectivity index (χ3v) is 4.82. The molecule has 0 spiro atoms. The smallest absolute Gasteiger partial charge is 0.326 e.